The average Bonchev–Trinajstić information content (AvgIpc) is 3.01. The highest BCUT2D eigenvalue weighted by atomic mass is 16.5. The Kier molecular flexibility index (Phi) is 36.5. The molecule has 1 atom stereocenters. The molecule has 0 aliphatic heterocycles. The number of ether oxygens (including phenoxy) is 1. The van der Waals surface area contributed by atoms with Gasteiger partial charge in [-0.05, 0) is 31.1 Å². The van der Waals surface area contributed by atoms with Gasteiger partial charge in [0.2, 0.25) is 0 Å². The minimum absolute atomic E-state index is 0.0565. The van der Waals surface area contributed by atoms with E-state index in [1.807, 2.05) is 0 Å². The van der Waals surface area contributed by atoms with E-state index < -0.39 is 0 Å². The van der Waals surface area contributed by atoms with Crippen LogP contribution in [0.4, 0.5) is 0 Å². The van der Waals surface area contributed by atoms with Crippen molar-refractivity contribution in [1.82, 2.24) is 0 Å². The number of hydrogen-bond donors (Lipinski definition) is 0. The van der Waals surface area contributed by atoms with Crippen molar-refractivity contribution in [3.63, 3.8) is 0 Å². The third kappa shape index (κ3) is 35.9. The fourth-order valence-corrected chi connectivity index (χ4v) is 6.67. The molecule has 0 aliphatic rings. The third-order valence-corrected chi connectivity index (χ3v) is 9.82. The second kappa shape index (κ2) is 36.9. The van der Waals surface area contributed by atoms with Gasteiger partial charge < -0.3 is 4.74 Å². The van der Waals surface area contributed by atoms with Crippen LogP contribution in [0.15, 0.2) is 0 Å². The number of rotatable bonds is 37. The lowest BCUT2D eigenvalue weighted by atomic mass is 9.94. The standard InChI is InChI=1S/C42H84O2/c1-5-7-9-11-13-14-15-19-22-25-29-33-37-41(36-32-28-12-10-8-6-2)39-44-42(43)38-34-30-26-23-20-17-16-18-21-24-27-31-35-40(3)4/h40-41H,5-39H2,1-4H3. The first-order valence-corrected chi connectivity index (χ1v) is 20.8. The summed E-state index contributed by atoms with van der Waals surface area (Å²) < 4.78 is 5.84. The monoisotopic (exact) mass is 621 g/mol. The molecular formula is C42H84O2. The van der Waals surface area contributed by atoms with Gasteiger partial charge in [0.25, 0.3) is 0 Å². The van der Waals surface area contributed by atoms with E-state index in [0.717, 1.165) is 12.3 Å². The molecule has 264 valence electrons. The van der Waals surface area contributed by atoms with E-state index in [0.29, 0.717) is 18.9 Å². The van der Waals surface area contributed by atoms with E-state index >= 15 is 0 Å². The predicted molar refractivity (Wildman–Crippen MR) is 198 cm³/mol. The van der Waals surface area contributed by atoms with Gasteiger partial charge in [0.15, 0.2) is 0 Å². The summed E-state index contributed by atoms with van der Waals surface area (Å²) >= 11 is 0. The average molecular weight is 621 g/mol. The quantitative estimate of drug-likeness (QED) is 0.0510. The Bertz CT molecular complexity index is 542. The molecule has 1 unspecified atom stereocenters. The van der Waals surface area contributed by atoms with E-state index in [4.69, 9.17) is 4.74 Å². The van der Waals surface area contributed by atoms with Crippen molar-refractivity contribution in [3.05, 3.63) is 0 Å². The van der Waals surface area contributed by atoms with Crippen LogP contribution >= 0.6 is 0 Å². The van der Waals surface area contributed by atoms with Gasteiger partial charge in [-0.3, -0.25) is 4.79 Å². The molecule has 0 aromatic heterocycles. The fourth-order valence-electron chi connectivity index (χ4n) is 6.67. The zero-order valence-corrected chi connectivity index (χ0v) is 31.2. The largest absolute Gasteiger partial charge is 0.465 e. The lowest BCUT2D eigenvalue weighted by Crippen LogP contribution is -2.14. The molecule has 0 spiro atoms. The van der Waals surface area contributed by atoms with Crippen LogP contribution in [0, 0.1) is 11.8 Å². The first-order chi connectivity index (χ1) is 21.6. The van der Waals surface area contributed by atoms with Crippen molar-refractivity contribution in [2.75, 3.05) is 6.61 Å². The second-order valence-corrected chi connectivity index (χ2v) is 15.0. The first kappa shape index (κ1) is 43.5. The van der Waals surface area contributed by atoms with Gasteiger partial charge in [-0.2, -0.15) is 0 Å². The Morgan fingerprint density at radius 3 is 1.05 bits per heavy atom. The van der Waals surface area contributed by atoms with Crippen molar-refractivity contribution in [2.24, 2.45) is 11.8 Å². The number of unbranched alkanes of at least 4 members (excludes halogenated alkanes) is 27. The Morgan fingerprint density at radius 2 is 0.705 bits per heavy atom. The van der Waals surface area contributed by atoms with Crippen LogP contribution in [0.1, 0.15) is 246 Å². The minimum Gasteiger partial charge on any atom is -0.465 e. The van der Waals surface area contributed by atoms with Crippen LogP contribution in [0.3, 0.4) is 0 Å². The predicted octanol–water partition coefficient (Wildman–Crippen LogP) is 15.1. The molecular weight excluding hydrogens is 536 g/mol. The highest BCUT2D eigenvalue weighted by Gasteiger charge is 2.12. The Morgan fingerprint density at radius 1 is 0.409 bits per heavy atom. The summed E-state index contributed by atoms with van der Waals surface area (Å²) in [4.78, 5) is 12.5. The second-order valence-electron chi connectivity index (χ2n) is 15.0. The summed E-state index contributed by atoms with van der Waals surface area (Å²) in [7, 11) is 0. The van der Waals surface area contributed by atoms with Gasteiger partial charge >= 0.3 is 5.97 Å². The van der Waals surface area contributed by atoms with Gasteiger partial charge in [0, 0.05) is 6.42 Å². The Labute approximate surface area is 279 Å². The molecule has 0 amide bonds. The summed E-state index contributed by atoms with van der Waals surface area (Å²) in [6.45, 7) is 9.92. The zero-order chi connectivity index (χ0) is 32.2. The maximum atomic E-state index is 12.5. The number of esters is 1. The highest BCUT2D eigenvalue weighted by molar-refractivity contribution is 5.69. The van der Waals surface area contributed by atoms with Crippen LogP contribution in [-0.2, 0) is 9.53 Å². The molecule has 0 saturated carbocycles. The molecule has 0 aromatic rings. The maximum Gasteiger partial charge on any atom is 0.305 e. The van der Waals surface area contributed by atoms with Crippen molar-refractivity contribution in [2.45, 2.75) is 246 Å². The van der Waals surface area contributed by atoms with Crippen molar-refractivity contribution >= 4 is 5.97 Å². The van der Waals surface area contributed by atoms with Crippen molar-refractivity contribution in [1.29, 1.82) is 0 Å². The molecule has 0 fully saturated rings. The molecule has 0 aromatic carbocycles. The molecule has 2 heteroatoms. The number of hydrogen-bond acceptors (Lipinski definition) is 2. The first-order valence-electron chi connectivity index (χ1n) is 20.8. The van der Waals surface area contributed by atoms with Crippen LogP contribution in [0.5, 0.6) is 0 Å². The molecule has 0 aliphatic carbocycles. The van der Waals surface area contributed by atoms with Crippen molar-refractivity contribution in [3.8, 4) is 0 Å². The number of carbonyl (C=O) groups excluding carboxylic acids is 1. The summed E-state index contributed by atoms with van der Waals surface area (Å²) in [5, 5.41) is 0. The van der Waals surface area contributed by atoms with Crippen LogP contribution in [0.2, 0.25) is 0 Å². The van der Waals surface area contributed by atoms with Crippen molar-refractivity contribution < 1.29 is 9.53 Å². The van der Waals surface area contributed by atoms with Gasteiger partial charge in [-0.1, -0.05) is 220 Å². The molecule has 0 N–H and O–H groups in total. The zero-order valence-electron chi connectivity index (χ0n) is 31.2. The fraction of sp³-hybridized carbons (Fsp3) is 0.976. The highest BCUT2D eigenvalue weighted by Crippen LogP contribution is 2.21. The SMILES string of the molecule is CCCCCCCCCCCCCCC(CCCCCCCC)COC(=O)CCCCCCCCCCCCCCC(C)C. The van der Waals surface area contributed by atoms with E-state index in [9.17, 15) is 4.79 Å². The normalized spacial score (nSPS) is 12.3. The third-order valence-electron chi connectivity index (χ3n) is 9.82. The van der Waals surface area contributed by atoms with Crippen LogP contribution in [0.25, 0.3) is 0 Å². The lowest BCUT2D eigenvalue weighted by molar-refractivity contribution is -0.145. The minimum atomic E-state index is 0.0565. The van der Waals surface area contributed by atoms with E-state index in [1.165, 1.54) is 205 Å². The van der Waals surface area contributed by atoms with Crippen LogP contribution in [-0.4, -0.2) is 12.6 Å². The molecule has 44 heavy (non-hydrogen) atoms. The molecule has 0 rings (SSSR count). The van der Waals surface area contributed by atoms with Gasteiger partial charge in [-0.15, -0.1) is 0 Å². The molecule has 0 bridgehead atoms. The Hall–Kier alpha value is -0.530. The molecule has 2 nitrogen and oxygen atoms in total. The Balaban J connectivity index is 3.85. The van der Waals surface area contributed by atoms with Gasteiger partial charge in [-0.25, -0.2) is 0 Å². The molecule has 0 heterocycles. The smallest absolute Gasteiger partial charge is 0.305 e. The summed E-state index contributed by atoms with van der Waals surface area (Å²) in [6.07, 6.45) is 45.6. The van der Waals surface area contributed by atoms with Gasteiger partial charge in [0.1, 0.15) is 0 Å². The van der Waals surface area contributed by atoms with E-state index in [1.54, 1.807) is 0 Å². The van der Waals surface area contributed by atoms with Gasteiger partial charge in [0.05, 0.1) is 6.61 Å². The van der Waals surface area contributed by atoms with E-state index in [-0.39, 0.29) is 5.97 Å². The summed E-state index contributed by atoms with van der Waals surface area (Å²) in [5.74, 6) is 1.50. The maximum absolute atomic E-state index is 12.5. The lowest BCUT2D eigenvalue weighted by Gasteiger charge is -2.17. The topological polar surface area (TPSA) is 26.3 Å². The number of carbonyl (C=O) groups is 1. The summed E-state index contributed by atoms with van der Waals surface area (Å²) in [6, 6.07) is 0. The van der Waals surface area contributed by atoms with E-state index in [2.05, 4.69) is 27.7 Å². The molecule has 0 saturated heterocycles. The molecule has 0 radical (unpaired) electrons. The van der Waals surface area contributed by atoms with Crippen LogP contribution < -0.4 is 0 Å². The summed E-state index contributed by atoms with van der Waals surface area (Å²) in [5.41, 5.74) is 0.